The van der Waals surface area contributed by atoms with Crippen LogP contribution in [0, 0.1) is 0 Å². The molecule has 2 nitrogen and oxygen atoms in total. The van der Waals surface area contributed by atoms with Gasteiger partial charge in [0.1, 0.15) is 6.10 Å². The molecule has 1 aliphatic heterocycles. The van der Waals surface area contributed by atoms with E-state index >= 15 is 0 Å². The number of Topliss-reactive ketones (excluding diaryl/α,β-unsaturated/α-hetero) is 1. The van der Waals surface area contributed by atoms with Crippen LogP contribution < -0.4 is 0 Å². The predicted molar refractivity (Wildman–Crippen MR) is 57.4 cm³/mol. The van der Waals surface area contributed by atoms with Gasteiger partial charge in [0, 0.05) is 6.42 Å². The number of hydrogen-bond acceptors (Lipinski definition) is 2. The van der Waals surface area contributed by atoms with Crippen molar-refractivity contribution in [3.05, 3.63) is 0 Å². The highest BCUT2D eigenvalue weighted by Crippen LogP contribution is 2.15. The van der Waals surface area contributed by atoms with Gasteiger partial charge in [-0.05, 0) is 6.42 Å². The van der Waals surface area contributed by atoms with Gasteiger partial charge in [-0.15, -0.1) is 0 Å². The van der Waals surface area contributed by atoms with Crippen molar-refractivity contribution >= 4 is 5.78 Å². The van der Waals surface area contributed by atoms with Crippen LogP contribution in [0.2, 0.25) is 0 Å². The molecule has 0 N–H and O–H groups in total. The minimum Gasteiger partial charge on any atom is -0.365 e. The SMILES string of the molecule is CCCCCCCCCC(=O)C1CO1. The van der Waals surface area contributed by atoms with Gasteiger partial charge in [0.05, 0.1) is 6.61 Å². The Kier molecular flexibility index (Phi) is 5.85. The van der Waals surface area contributed by atoms with Gasteiger partial charge < -0.3 is 4.74 Å². The third-order valence-corrected chi connectivity index (χ3v) is 2.72. The fourth-order valence-corrected chi connectivity index (χ4v) is 1.65. The molecule has 1 atom stereocenters. The number of epoxide rings is 1. The molecule has 0 aromatic carbocycles. The lowest BCUT2D eigenvalue weighted by Crippen LogP contribution is -2.05. The number of ketones is 1. The fourth-order valence-electron chi connectivity index (χ4n) is 1.65. The van der Waals surface area contributed by atoms with Crippen molar-refractivity contribution in [1.29, 1.82) is 0 Å². The molecule has 1 heterocycles. The summed E-state index contributed by atoms with van der Waals surface area (Å²) in [5.41, 5.74) is 0. The van der Waals surface area contributed by atoms with Crippen molar-refractivity contribution in [3.8, 4) is 0 Å². The van der Waals surface area contributed by atoms with Crippen molar-refractivity contribution in [3.63, 3.8) is 0 Å². The molecule has 2 heteroatoms. The number of rotatable bonds is 9. The van der Waals surface area contributed by atoms with E-state index in [2.05, 4.69) is 6.92 Å². The van der Waals surface area contributed by atoms with Crippen molar-refractivity contribution < 1.29 is 9.53 Å². The van der Waals surface area contributed by atoms with E-state index in [4.69, 9.17) is 4.74 Å². The van der Waals surface area contributed by atoms with E-state index in [0.717, 1.165) is 12.8 Å². The van der Waals surface area contributed by atoms with Gasteiger partial charge in [0.25, 0.3) is 0 Å². The topological polar surface area (TPSA) is 29.6 Å². The van der Waals surface area contributed by atoms with E-state index in [1.54, 1.807) is 0 Å². The van der Waals surface area contributed by atoms with Crippen LogP contribution in [0.15, 0.2) is 0 Å². The molecule has 1 aliphatic rings. The second-order valence-corrected chi connectivity index (χ2v) is 4.16. The van der Waals surface area contributed by atoms with Crippen LogP contribution in [0.3, 0.4) is 0 Å². The highest BCUT2D eigenvalue weighted by atomic mass is 16.6. The summed E-state index contributed by atoms with van der Waals surface area (Å²) in [4.78, 5) is 11.2. The first-order valence-electron chi connectivity index (χ1n) is 5.99. The molecule has 82 valence electrons. The molecule has 0 radical (unpaired) electrons. The van der Waals surface area contributed by atoms with Crippen LogP contribution in [-0.2, 0) is 9.53 Å². The van der Waals surface area contributed by atoms with Gasteiger partial charge in [-0.25, -0.2) is 0 Å². The molecular formula is C12H22O2. The summed E-state index contributed by atoms with van der Waals surface area (Å²) < 4.78 is 4.93. The monoisotopic (exact) mass is 198 g/mol. The molecule has 0 spiro atoms. The van der Waals surface area contributed by atoms with Gasteiger partial charge >= 0.3 is 0 Å². The smallest absolute Gasteiger partial charge is 0.163 e. The van der Waals surface area contributed by atoms with Crippen LogP contribution in [0.5, 0.6) is 0 Å². The van der Waals surface area contributed by atoms with Gasteiger partial charge in [-0.1, -0.05) is 45.4 Å². The van der Waals surface area contributed by atoms with Crippen molar-refractivity contribution in [2.24, 2.45) is 0 Å². The lowest BCUT2D eigenvalue weighted by Gasteiger charge is -1.99. The zero-order valence-electron chi connectivity index (χ0n) is 9.26. The van der Waals surface area contributed by atoms with Crippen molar-refractivity contribution in [2.45, 2.75) is 64.4 Å². The molecule has 0 bridgehead atoms. The minimum absolute atomic E-state index is 0.0184. The first kappa shape index (κ1) is 11.7. The van der Waals surface area contributed by atoms with Crippen LogP contribution in [0.4, 0.5) is 0 Å². The van der Waals surface area contributed by atoms with Gasteiger partial charge in [-0.2, -0.15) is 0 Å². The molecule has 0 aromatic heterocycles. The third-order valence-electron chi connectivity index (χ3n) is 2.72. The lowest BCUT2D eigenvalue weighted by molar-refractivity contribution is -0.120. The molecule has 1 rings (SSSR count). The fraction of sp³-hybridized carbons (Fsp3) is 0.917. The molecule has 0 saturated carbocycles. The van der Waals surface area contributed by atoms with Crippen LogP contribution in [0.25, 0.3) is 0 Å². The zero-order valence-corrected chi connectivity index (χ0v) is 9.26. The highest BCUT2D eigenvalue weighted by molar-refractivity contribution is 5.84. The lowest BCUT2D eigenvalue weighted by atomic mass is 10.1. The summed E-state index contributed by atoms with van der Waals surface area (Å²) in [6.07, 6.45) is 9.63. The Morgan fingerprint density at radius 1 is 1.14 bits per heavy atom. The maximum Gasteiger partial charge on any atom is 0.163 e. The van der Waals surface area contributed by atoms with Crippen molar-refractivity contribution in [1.82, 2.24) is 0 Å². The van der Waals surface area contributed by atoms with Crippen LogP contribution in [0.1, 0.15) is 58.3 Å². The summed E-state index contributed by atoms with van der Waals surface area (Å²) in [7, 11) is 0. The third kappa shape index (κ3) is 5.38. The number of carbonyl (C=O) groups excluding carboxylic acids is 1. The van der Waals surface area contributed by atoms with Crippen molar-refractivity contribution in [2.75, 3.05) is 6.61 Å². The predicted octanol–water partition coefficient (Wildman–Crippen LogP) is 3.10. The van der Waals surface area contributed by atoms with E-state index in [1.807, 2.05) is 0 Å². The average molecular weight is 198 g/mol. The number of ether oxygens (including phenoxy) is 1. The summed E-state index contributed by atoms with van der Waals surface area (Å²) >= 11 is 0. The average Bonchev–Trinajstić information content (AvgIpc) is 2.99. The molecule has 0 amide bonds. The summed E-state index contributed by atoms with van der Waals surface area (Å²) in [5, 5.41) is 0. The molecule has 0 aliphatic carbocycles. The normalized spacial score (nSPS) is 19.6. The van der Waals surface area contributed by atoms with E-state index in [0.29, 0.717) is 12.4 Å². The summed E-state index contributed by atoms with van der Waals surface area (Å²) in [6, 6.07) is 0. The van der Waals surface area contributed by atoms with Gasteiger partial charge in [0.2, 0.25) is 0 Å². The zero-order chi connectivity index (χ0) is 10.2. The second-order valence-electron chi connectivity index (χ2n) is 4.16. The van der Waals surface area contributed by atoms with Gasteiger partial charge in [0.15, 0.2) is 5.78 Å². The molecule has 1 fully saturated rings. The summed E-state index contributed by atoms with van der Waals surface area (Å²) in [6.45, 7) is 2.91. The number of hydrogen-bond donors (Lipinski definition) is 0. The van der Waals surface area contributed by atoms with E-state index < -0.39 is 0 Å². The molecule has 1 unspecified atom stereocenters. The van der Waals surface area contributed by atoms with Crippen LogP contribution >= 0.6 is 0 Å². The molecule has 0 aromatic rings. The standard InChI is InChI=1S/C12H22O2/c1-2-3-4-5-6-7-8-9-11(13)12-10-14-12/h12H,2-10H2,1H3. The first-order chi connectivity index (χ1) is 6.84. The maximum atomic E-state index is 11.2. The minimum atomic E-state index is -0.0184. The van der Waals surface area contributed by atoms with E-state index in [9.17, 15) is 4.79 Å². The highest BCUT2D eigenvalue weighted by Gasteiger charge is 2.29. The Hall–Kier alpha value is -0.370. The van der Waals surface area contributed by atoms with E-state index in [1.165, 1.54) is 38.5 Å². The van der Waals surface area contributed by atoms with E-state index in [-0.39, 0.29) is 6.10 Å². The molecule has 1 saturated heterocycles. The number of carbonyl (C=O) groups is 1. The Morgan fingerprint density at radius 3 is 2.29 bits per heavy atom. The Bertz CT molecular complexity index is 162. The van der Waals surface area contributed by atoms with Gasteiger partial charge in [-0.3, -0.25) is 4.79 Å². The second kappa shape index (κ2) is 6.99. The maximum absolute atomic E-state index is 11.2. The Balaban J connectivity index is 1.77. The quantitative estimate of drug-likeness (QED) is 0.421. The van der Waals surface area contributed by atoms with Crippen LogP contribution in [-0.4, -0.2) is 18.5 Å². The Morgan fingerprint density at radius 2 is 1.71 bits per heavy atom. The largest absolute Gasteiger partial charge is 0.365 e. The summed E-state index contributed by atoms with van der Waals surface area (Å²) in [5.74, 6) is 0.318. The number of unbranched alkanes of at least 4 members (excludes halogenated alkanes) is 6. The Labute approximate surface area is 87.0 Å². The molecular weight excluding hydrogens is 176 g/mol. The first-order valence-corrected chi connectivity index (χ1v) is 5.99. The molecule has 14 heavy (non-hydrogen) atoms.